The fourth-order valence-corrected chi connectivity index (χ4v) is 4.64. The summed E-state index contributed by atoms with van der Waals surface area (Å²) in [5.74, 6) is -0.347. The molecule has 1 amide bonds. The molecule has 0 atom stereocenters. The van der Waals surface area contributed by atoms with Gasteiger partial charge in [-0.05, 0) is 49.7 Å². The number of ether oxygens (including phenoxy) is 1. The normalized spacial score (nSPS) is 13.9. The Hall–Kier alpha value is -2.48. The van der Waals surface area contributed by atoms with E-state index in [0.29, 0.717) is 22.5 Å². The maximum atomic E-state index is 13.3. The van der Waals surface area contributed by atoms with E-state index >= 15 is 0 Å². The molecule has 0 spiro atoms. The molecule has 1 aliphatic rings. The van der Waals surface area contributed by atoms with Crippen LogP contribution in [-0.4, -0.2) is 28.5 Å². The van der Waals surface area contributed by atoms with E-state index in [1.807, 2.05) is 4.57 Å². The molecule has 0 saturated carbocycles. The van der Waals surface area contributed by atoms with E-state index in [-0.39, 0.29) is 23.5 Å². The minimum Gasteiger partial charge on any atom is -0.469 e. The summed E-state index contributed by atoms with van der Waals surface area (Å²) in [7, 11) is 1.33. The first-order chi connectivity index (χ1) is 14.9. The number of thiazole rings is 1. The first-order valence-corrected chi connectivity index (χ1v) is 11.8. The lowest BCUT2D eigenvalue weighted by Crippen LogP contribution is -2.33. The van der Waals surface area contributed by atoms with Crippen LogP contribution in [0.15, 0.2) is 17.1 Å². The predicted octanol–water partition coefficient (Wildman–Crippen LogP) is 3.98. The van der Waals surface area contributed by atoms with Crippen LogP contribution < -0.4 is 10.9 Å². The van der Waals surface area contributed by atoms with Crippen molar-refractivity contribution in [1.29, 1.82) is 0 Å². The molecule has 0 unspecified atom stereocenters. The lowest BCUT2D eigenvalue weighted by Gasteiger charge is -2.21. The van der Waals surface area contributed by atoms with Gasteiger partial charge in [0.25, 0.3) is 11.5 Å². The van der Waals surface area contributed by atoms with Crippen molar-refractivity contribution in [3.8, 4) is 0 Å². The Morgan fingerprint density at radius 2 is 1.97 bits per heavy atom. The third-order valence-electron chi connectivity index (χ3n) is 5.60. The van der Waals surface area contributed by atoms with Crippen LogP contribution in [0.1, 0.15) is 72.4 Å². The van der Waals surface area contributed by atoms with Crippen LogP contribution in [0, 0.1) is 5.92 Å². The van der Waals surface area contributed by atoms with Gasteiger partial charge in [-0.25, -0.2) is 4.98 Å². The summed E-state index contributed by atoms with van der Waals surface area (Å²) in [6.07, 6.45) is 8.80. The van der Waals surface area contributed by atoms with Gasteiger partial charge in [0.2, 0.25) is 0 Å². The highest BCUT2D eigenvalue weighted by atomic mass is 32.1. The molecular formula is C23H31N3O4S. The van der Waals surface area contributed by atoms with E-state index in [9.17, 15) is 14.4 Å². The van der Waals surface area contributed by atoms with Gasteiger partial charge in [0, 0.05) is 23.3 Å². The molecule has 8 heteroatoms. The van der Waals surface area contributed by atoms with Crippen molar-refractivity contribution in [3.63, 3.8) is 0 Å². The Morgan fingerprint density at radius 1 is 1.23 bits per heavy atom. The number of pyridine rings is 1. The van der Waals surface area contributed by atoms with Crippen molar-refractivity contribution >= 4 is 28.3 Å². The van der Waals surface area contributed by atoms with Gasteiger partial charge in [0.1, 0.15) is 5.56 Å². The minimum absolute atomic E-state index is 0.102. The minimum atomic E-state index is -0.452. The van der Waals surface area contributed by atoms with Gasteiger partial charge in [0.05, 0.1) is 13.5 Å². The summed E-state index contributed by atoms with van der Waals surface area (Å²) in [5.41, 5.74) is 2.13. The third kappa shape index (κ3) is 6.03. The van der Waals surface area contributed by atoms with Crippen molar-refractivity contribution in [3.05, 3.63) is 44.3 Å². The topological polar surface area (TPSA) is 90.3 Å². The van der Waals surface area contributed by atoms with Crippen LogP contribution in [-0.2, 0) is 35.3 Å². The highest BCUT2D eigenvalue weighted by molar-refractivity contribution is 7.15. The second-order valence-electron chi connectivity index (χ2n) is 8.42. The molecule has 0 bridgehead atoms. The Morgan fingerprint density at radius 3 is 2.68 bits per heavy atom. The molecule has 0 aliphatic heterocycles. The molecular weight excluding hydrogens is 414 g/mol. The van der Waals surface area contributed by atoms with Crippen molar-refractivity contribution in [2.45, 2.75) is 71.8 Å². The van der Waals surface area contributed by atoms with Gasteiger partial charge in [-0.3, -0.25) is 19.7 Å². The summed E-state index contributed by atoms with van der Waals surface area (Å²) in [6.45, 7) is 4.90. The second kappa shape index (κ2) is 10.7. The van der Waals surface area contributed by atoms with Gasteiger partial charge in [-0.15, -0.1) is 11.3 Å². The lowest BCUT2D eigenvalue weighted by atomic mass is 9.95. The van der Waals surface area contributed by atoms with E-state index in [4.69, 9.17) is 0 Å². The fourth-order valence-electron chi connectivity index (χ4n) is 3.85. The molecule has 0 fully saturated rings. The van der Waals surface area contributed by atoms with E-state index in [1.165, 1.54) is 31.3 Å². The Labute approximate surface area is 186 Å². The quantitative estimate of drug-likeness (QED) is 0.651. The highest BCUT2D eigenvalue weighted by Gasteiger charge is 2.21. The molecule has 0 aromatic carbocycles. The monoisotopic (exact) mass is 445 g/mol. The highest BCUT2D eigenvalue weighted by Crippen LogP contribution is 2.23. The van der Waals surface area contributed by atoms with Crippen molar-refractivity contribution in [2.24, 2.45) is 5.92 Å². The van der Waals surface area contributed by atoms with E-state index in [2.05, 4.69) is 28.9 Å². The molecule has 1 aliphatic carbocycles. The maximum absolute atomic E-state index is 13.3. The van der Waals surface area contributed by atoms with E-state index in [1.54, 1.807) is 12.3 Å². The Kier molecular flexibility index (Phi) is 8.01. The molecule has 168 valence electrons. The summed E-state index contributed by atoms with van der Waals surface area (Å²) >= 11 is 1.21. The number of anilines is 1. The standard InChI is InChI=1S/C23H31N3O4S/c1-15(2)10-11-26-19-9-7-5-4-6-8-16(19)12-18(22(26)29)21(28)25-23-24-14-17(31-23)13-20(27)30-3/h12,14-15H,4-11,13H2,1-3H3,(H,24,25,28). The van der Waals surface area contributed by atoms with Crippen molar-refractivity contribution in [1.82, 2.24) is 9.55 Å². The fraction of sp³-hybridized carbons (Fsp3) is 0.565. The number of amides is 1. The Bertz CT molecular complexity index is 993. The molecule has 7 nitrogen and oxygen atoms in total. The summed E-state index contributed by atoms with van der Waals surface area (Å²) in [6, 6.07) is 1.78. The molecule has 2 heterocycles. The van der Waals surface area contributed by atoms with Crippen LogP contribution in [0.5, 0.6) is 0 Å². The molecule has 0 radical (unpaired) electrons. The number of methoxy groups -OCH3 is 1. The zero-order valence-electron chi connectivity index (χ0n) is 18.5. The van der Waals surface area contributed by atoms with Gasteiger partial charge >= 0.3 is 5.97 Å². The average molecular weight is 446 g/mol. The largest absolute Gasteiger partial charge is 0.469 e. The number of fused-ring (bicyclic) bond motifs is 1. The smallest absolute Gasteiger partial charge is 0.310 e. The number of nitrogens with one attached hydrogen (secondary N) is 1. The SMILES string of the molecule is COC(=O)Cc1cnc(NC(=O)c2cc3c(n(CCC(C)C)c2=O)CCCCCC3)s1. The molecule has 1 N–H and O–H groups in total. The number of carbonyl (C=O) groups is 2. The maximum Gasteiger partial charge on any atom is 0.310 e. The summed E-state index contributed by atoms with van der Waals surface area (Å²) < 4.78 is 6.50. The Balaban J connectivity index is 1.89. The predicted molar refractivity (Wildman–Crippen MR) is 122 cm³/mol. The number of aryl methyl sites for hydroxylation is 1. The van der Waals surface area contributed by atoms with Crippen LogP contribution in [0.2, 0.25) is 0 Å². The molecule has 2 aromatic heterocycles. The number of nitrogens with zero attached hydrogens (tertiary/aromatic N) is 2. The van der Waals surface area contributed by atoms with Crippen LogP contribution in [0.25, 0.3) is 0 Å². The zero-order valence-corrected chi connectivity index (χ0v) is 19.3. The number of aromatic nitrogens is 2. The van der Waals surface area contributed by atoms with Gasteiger partial charge < -0.3 is 9.30 Å². The van der Waals surface area contributed by atoms with Crippen molar-refractivity contribution in [2.75, 3.05) is 12.4 Å². The van der Waals surface area contributed by atoms with E-state index in [0.717, 1.165) is 43.4 Å². The second-order valence-corrected chi connectivity index (χ2v) is 9.54. The molecule has 2 aromatic rings. The van der Waals surface area contributed by atoms with Gasteiger partial charge in [-0.1, -0.05) is 26.7 Å². The van der Waals surface area contributed by atoms with E-state index < -0.39 is 5.91 Å². The van der Waals surface area contributed by atoms with Crippen LogP contribution in [0.4, 0.5) is 5.13 Å². The van der Waals surface area contributed by atoms with Gasteiger partial charge in [0.15, 0.2) is 5.13 Å². The lowest BCUT2D eigenvalue weighted by molar-refractivity contribution is -0.139. The zero-order chi connectivity index (χ0) is 22.4. The van der Waals surface area contributed by atoms with Crippen molar-refractivity contribution < 1.29 is 14.3 Å². The first kappa shape index (κ1) is 23.2. The molecule has 0 saturated heterocycles. The van der Waals surface area contributed by atoms with Crippen LogP contribution in [0.3, 0.4) is 0 Å². The third-order valence-corrected chi connectivity index (χ3v) is 6.51. The van der Waals surface area contributed by atoms with Gasteiger partial charge in [-0.2, -0.15) is 0 Å². The average Bonchev–Trinajstić information content (AvgIpc) is 3.14. The summed E-state index contributed by atoms with van der Waals surface area (Å²) in [5, 5.41) is 3.11. The number of esters is 1. The number of carbonyl (C=O) groups excluding carboxylic acids is 2. The molecule has 3 rings (SSSR count). The number of hydrogen-bond donors (Lipinski definition) is 1. The van der Waals surface area contributed by atoms with Crippen LogP contribution >= 0.6 is 11.3 Å². The number of hydrogen-bond acceptors (Lipinski definition) is 6. The molecule has 31 heavy (non-hydrogen) atoms. The first-order valence-electron chi connectivity index (χ1n) is 11.0. The summed E-state index contributed by atoms with van der Waals surface area (Å²) in [4.78, 5) is 42.6. The number of rotatable bonds is 7.